The molecule has 1 heterocycles. The van der Waals surface area contributed by atoms with Crippen LogP contribution in [0.1, 0.15) is 19.4 Å². The molecule has 4 nitrogen and oxygen atoms in total. The molecule has 108 valence electrons. The number of thiazole rings is 1. The number of hydrogen-bond donors (Lipinski definition) is 2. The van der Waals surface area contributed by atoms with E-state index in [1.54, 1.807) is 13.8 Å². The van der Waals surface area contributed by atoms with Crippen molar-refractivity contribution in [3.8, 4) is 11.3 Å². The smallest absolute Gasteiger partial charge is 0.245 e. The van der Waals surface area contributed by atoms with Gasteiger partial charge in [-0.05, 0) is 20.8 Å². The van der Waals surface area contributed by atoms with E-state index in [0.717, 1.165) is 11.3 Å². The first-order valence-corrected chi connectivity index (χ1v) is 6.87. The predicted molar refractivity (Wildman–Crippen MR) is 86.4 cm³/mol. The number of nitrogens with zero attached hydrogens (tertiary/aromatic N) is 1. The fourth-order valence-electron chi connectivity index (χ4n) is 1.45. The Labute approximate surface area is 128 Å². The summed E-state index contributed by atoms with van der Waals surface area (Å²) in [5.41, 5.74) is 7.92. The van der Waals surface area contributed by atoms with Gasteiger partial charge in [-0.25, -0.2) is 4.98 Å². The third-order valence-corrected chi connectivity index (χ3v) is 3.41. The molecule has 0 atom stereocenters. The van der Waals surface area contributed by atoms with Gasteiger partial charge in [-0.3, -0.25) is 4.79 Å². The summed E-state index contributed by atoms with van der Waals surface area (Å²) < 4.78 is 0. The number of nitrogens with one attached hydrogen (secondary N) is 1. The molecule has 1 aromatic heterocycles. The Balaban J connectivity index is 0.00000200. The van der Waals surface area contributed by atoms with Crippen molar-refractivity contribution in [2.24, 2.45) is 5.73 Å². The molecule has 0 saturated carbocycles. The normalized spacial score (nSPS) is 10.8. The van der Waals surface area contributed by atoms with Crippen LogP contribution in [-0.4, -0.2) is 16.4 Å². The molecule has 0 spiro atoms. The summed E-state index contributed by atoms with van der Waals surface area (Å²) in [6.45, 7) is 5.37. The van der Waals surface area contributed by atoms with Crippen molar-refractivity contribution < 1.29 is 4.79 Å². The van der Waals surface area contributed by atoms with Crippen molar-refractivity contribution in [2.75, 3.05) is 5.32 Å². The first-order valence-electron chi connectivity index (χ1n) is 5.99. The first-order chi connectivity index (χ1) is 8.86. The quantitative estimate of drug-likeness (QED) is 0.914. The van der Waals surface area contributed by atoms with Crippen LogP contribution in [0.4, 0.5) is 5.13 Å². The fourth-order valence-corrected chi connectivity index (χ4v) is 2.16. The molecule has 0 saturated heterocycles. The average molecular weight is 312 g/mol. The van der Waals surface area contributed by atoms with Gasteiger partial charge in [-0.2, -0.15) is 0 Å². The van der Waals surface area contributed by atoms with E-state index in [2.05, 4.69) is 10.3 Å². The third-order valence-electron chi connectivity index (χ3n) is 2.66. The topological polar surface area (TPSA) is 68.0 Å². The SMILES string of the molecule is Cc1ccc(-c2csc(NC(=O)C(C)(C)N)n2)cc1.Cl. The molecule has 1 aromatic carbocycles. The Bertz CT molecular complexity index is 587. The molecule has 0 aliphatic heterocycles. The molecule has 0 fully saturated rings. The van der Waals surface area contributed by atoms with Gasteiger partial charge in [0.15, 0.2) is 5.13 Å². The zero-order valence-electron chi connectivity index (χ0n) is 11.6. The lowest BCUT2D eigenvalue weighted by molar-refractivity contribution is -0.120. The lowest BCUT2D eigenvalue weighted by atomic mass is 10.1. The van der Waals surface area contributed by atoms with E-state index in [9.17, 15) is 4.79 Å². The van der Waals surface area contributed by atoms with Crippen LogP contribution in [0.5, 0.6) is 0 Å². The molecule has 2 aromatic rings. The van der Waals surface area contributed by atoms with Crippen LogP contribution in [0.15, 0.2) is 29.6 Å². The fraction of sp³-hybridized carbons (Fsp3) is 0.286. The minimum absolute atomic E-state index is 0. The lowest BCUT2D eigenvalue weighted by Gasteiger charge is -2.16. The Kier molecular flexibility index (Phi) is 5.28. The number of aromatic nitrogens is 1. The molecule has 2 rings (SSSR count). The highest BCUT2D eigenvalue weighted by Crippen LogP contribution is 2.25. The maximum absolute atomic E-state index is 11.8. The highest BCUT2D eigenvalue weighted by molar-refractivity contribution is 7.14. The van der Waals surface area contributed by atoms with Crippen molar-refractivity contribution in [1.82, 2.24) is 4.98 Å². The number of nitrogens with two attached hydrogens (primary N) is 1. The summed E-state index contributed by atoms with van der Waals surface area (Å²) in [5.74, 6) is -0.239. The average Bonchev–Trinajstić information content (AvgIpc) is 2.77. The van der Waals surface area contributed by atoms with E-state index in [0.29, 0.717) is 5.13 Å². The van der Waals surface area contributed by atoms with Crippen LogP contribution in [-0.2, 0) is 4.79 Å². The van der Waals surface area contributed by atoms with Crippen molar-refractivity contribution in [1.29, 1.82) is 0 Å². The Hall–Kier alpha value is -1.43. The van der Waals surface area contributed by atoms with Crippen LogP contribution in [0.2, 0.25) is 0 Å². The van der Waals surface area contributed by atoms with E-state index in [1.807, 2.05) is 36.6 Å². The van der Waals surface area contributed by atoms with Crippen LogP contribution in [0, 0.1) is 6.92 Å². The predicted octanol–water partition coefficient (Wildman–Crippen LogP) is 3.22. The van der Waals surface area contributed by atoms with E-state index >= 15 is 0 Å². The third kappa shape index (κ3) is 4.03. The molecule has 0 bridgehead atoms. The molecule has 0 radical (unpaired) electrons. The molecule has 3 N–H and O–H groups in total. The summed E-state index contributed by atoms with van der Waals surface area (Å²) in [6, 6.07) is 8.11. The monoisotopic (exact) mass is 311 g/mol. The number of hydrogen-bond acceptors (Lipinski definition) is 4. The number of carbonyl (C=O) groups excluding carboxylic acids is 1. The van der Waals surface area contributed by atoms with Gasteiger partial charge in [0.1, 0.15) is 0 Å². The molecule has 0 unspecified atom stereocenters. The lowest BCUT2D eigenvalue weighted by Crippen LogP contribution is -2.45. The Morgan fingerprint density at radius 2 is 1.90 bits per heavy atom. The number of carbonyl (C=O) groups is 1. The maximum Gasteiger partial charge on any atom is 0.245 e. The second-order valence-corrected chi connectivity index (χ2v) is 5.94. The van der Waals surface area contributed by atoms with Crippen LogP contribution < -0.4 is 11.1 Å². The zero-order valence-corrected chi connectivity index (χ0v) is 13.3. The Morgan fingerprint density at radius 1 is 1.30 bits per heavy atom. The standard InChI is InChI=1S/C14H17N3OS.ClH/c1-9-4-6-10(7-5-9)11-8-19-13(16-11)17-12(18)14(2,3)15;/h4-8H,15H2,1-3H3,(H,16,17,18);1H. The number of halogens is 1. The second-order valence-electron chi connectivity index (χ2n) is 5.08. The number of rotatable bonds is 3. The van der Waals surface area contributed by atoms with Crippen LogP contribution >= 0.6 is 23.7 Å². The highest BCUT2D eigenvalue weighted by atomic mass is 35.5. The van der Waals surface area contributed by atoms with Gasteiger partial charge < -0.3 is 11.1 Å². The van der Waals surface area contributed by atoms with Crippen LogP contribution in [0.3, 0.4) is 0 Å². The van der Waals surface area contributed by atoms with Crippen molar-refractivity contribution in [3.05, 3.63) is 35.2 Å². The minimum Gasteiger partial charge on any atom is -0.318 e. The van der Waals surface area contributed by atoms with Crippen LogP contribution in [0.25, 0.3) is 11.3 Å². The number of aryl methyl sites for hydroxylation is 1. The largest absolute Gasteiger partial charge is 0.318 e. The van der Waals surface area contributed by atoms with E-state index in [4.69, 9.17) is 5.73 Å². The van der Waals surface area contributed by atoms with Crippen molar-refractivity contribution in [3.63, 3.8) is 0 Å². The summed E-state index contributed by atoms with van der Waals surface area (Å²) in [5, 5.41) is 5.22. The van der Waals surface area contributed by atoms with Gasteiger partial charge in [-0.15, -0.1) is 23.7 Å². The highest BCUT2D eigenvalue weighted by Gasteiger charge is 2.22. The molecular formula is C14H18ClN3OS. The van der Waals surface area contributed by atoms with Gasteiger partial charge in [0.05, 0.1) is 11.2 Å². The van der Waals surface area contributed by atoms with E-state index in [1.165, 1.54) is 16.9 Å². The number of anilines is 1. The summed E-state index contributed by atoms with van der Waals surface area (Å²) in [6.07, 6.45) is 0. The molecule has 20 heavy (non-hydrogen) atoms. The Morgan fingerprint density at radius 3 is 2.45 bits per heavy atom. The summed E-state index contributed by atoms with van der Waals surface area (Å²) >= 11 is 1.39. The van der Waals surface area contributed by atoms with E-state index < -0.39 is 5.54 Å². The molecule has 0 aliphatic carbocycles. The van der Waals surface area contributed by atoms with Crippen molar-refractivity contribution >= 4 is 34.8 Å². The second kappa shape index (κ2) is 6.35. The zero-order chi connectivity index (χ0) is 14.0. The van der Waals surface area contributed by atoms with Crippen molar-refractivity contribution in [2.45, 2.75) is 26.3 Å². The van der Waals surface area contributed by atoms with E-state index in [-0.39, 0.29) is 18.3 Å². The van der Waals surface area contributed by atoms with Gasteiger partial charge in [0, 0.05) is 10.9 Å². The number of amides is 1. The van der Waals surface area contributed by atoms with Gasteiger partial charge >= 0.3 is 0 Å². The summed E-state index contributed by atoms with van der Waals surface area (Å²) in [7, 11) is 0. The maximum atomic E-state index is 11.8. The number of benzene rings is 1. The summed E-state index contributed by atoms with van der Waals surface area (Å²) in [4.78, 5) is 16.1. The van der Waals surface area contributed by atoms with Gasteiger partial charge in [0.2, 0.25) is 5.91 Å². The minimum atomic E-state index is -0.907. The first kappa shape index (κ1) is 16.6. The molecular weight excluding hydrogens is 294 g/mol. The molecule has 0 aliphatic rings. The van der Waals surface area contributed by atoms with Gasteiger partial charge in [0.25, 0.3) is 0 Å². The molecule has 6 heteroatoms. The van der Waals surface area contributed by atoms with Gasteiger partial charge in [-0.1, -0.05) is 29.8 Å². The molecule has 1 amide bonds.